The van der Waals surface area contributed by atoms with Gasteiger partial charge in [-0.2, -0.15) is 13.2 Å². The first-order chi connectivity index (χ1) is 16.9. The molecule has 0 atom stereocenters. The van der Waals surface area contributed by atoms with Gasteiger partial charge in [0.25, 0.3) is 10.0 Å². The van der Waals surface area contributed by atoms with E-state index in [1.807, 2.05) is 4.72 Å². The maximum Gasteiger partial charge on any atom is 0.416 e. The molecular weight excluding hydrogens is 512 g/mol. The lowest BCUT2D eigenvalue weighted by Gasteiger charge is -2.26. The van der Waals surface area contributed by atoms with Crippen LogP contribution in [-0.2, 0) is 16.2 Å². The molecule has 192 valence electrons. The average molecular weight is 531 g/mol. The summed E-state index contributed by atoms with van der Waals surface area (Å²) >= 11 is 0. The van der Waals surface area contributed by atoms with Crippen LogP contribution in [0.1, 0.15) is 29.9 Å². The van der Waals surface area contributed by atoms with Crippen LogP contribution < -0.4 is 14.8 Å². The van der Waals surface area contributed by atoms with Crippen molar-refractivity contribution in [2.45, 2.75) is 29.8 Å². The molecule has 0 saturated carbocycles. The molecule has 0 unspecified atom stereocenters. The van der Waals surface area contributed by atoms with E-state index in [-0.39, 0.29) is 23.0 Å². The minimum absolute atomic E-state index is 0.0996. The fraction of sp³-hybridized carbons (Fsp3) is 0.261. The van der Waals surface area contributed by atoms with Crippen LogP contribution in [0.3, 0.4) is 0 Å². The summed E-state index contributed by atoms with van der Waals surface area (Å²) in [7, 11) is -4.65. The summed E-state index contributed by atoms with van der Waals surface area (Å²) in [5.41, 5.74) is -0.719. The Morgan fingerprint density at radius 1 is 0.944 bits per heavy atom. The topological polar surface area (TPSA) is 80.3 Å². The molecule has 3 aromatic rings. The smallest absolute Gasteiger partial charge is 0.416 e. The van der Waals surface area contributed by atoms with Crippen LogP contribution in [0.25, 0.3) is 0 Å². The predicted octanol–water partition coefficient (Wildman–Crippen LogP) is 5.58. The fourth-order valence-electron chi connectivity index (χ4n) is 3.81. The number of benzene rings is 2. The average Bonchev–Trinajstić information content (AvgIpc) is 2.82. The molecule has 2 N–H and O–H groups in total. The number of anilines is 1. The maximum absolute atomic E-state index is 14.8. The molecule has 0 bridgehead atoms. The Hall–Kier alpha value is -3.32. The minimum Gasteiger partial charge on any atom is -0.454 e. The molecule has 2 aromatic carbocycles. The second-order valence-electron chi connectivity index (χ2n) is 8.06. The highest BCUT2D eigenvalue weighted by Crippen LogP contribution is 2.40. The zero-order chi connectivity index (χ0) is 26.1. The number of pyridine rings is 1. The van der Waals surface area contributed by atoms with Crippen LogP contribution in [0.5, 0.6) is 11.5 Å². The normalized spacial score (nSPS) is 15.1. The van der Waals surface area contributed by atoms with Crippen molar-refractivity contribution in [2.75, 3.05) is 17.8 Å². The van der Waals surface area contributed by atoms with E-state index in [1.165, 1.54) is 0 Å². The number of rotatable bonds is 6. The van der Waals surface area contributed by atoms with Crippen molar-refractivity contribution in [1.29, 1.82) is 0 Å². The number of sulfonamides is 1. The predicted molar refractivity (Wildman–Crippen MR) is 118 cm³/mol. The number of hydrogen-bond donors (Lipinski definition) is 2. The number of hydrogen-bond acceptors (Lipinski definition) is 5. The number of halogens is 6. The fourth-order valence-corrected chi connectivity index (χ4v) is 4.89. The Bertz CT molecular complexity index is 1360. The van der Waals surface area contributed by atoms with Crippen molar-refractivity contribution in [2.24, 2.45) is 0 Å². The van der Waals surface area contributed by atoms with Crippen LogP contribution in [0.15, 0.2) is 53.6 Å². The lowest BCUT2D eigenvalue weighted by molar-refractivity contribution is -0.137. The molecule has 2 heterocycles. The van der Waals surface area contributed by atoms with Gasteiger partial charge in [0.15, 0.2) is 11.6 Å². The van der Waals surface area contributed by atoms with E-state index >= 15 is 0 Å². The first-order valence-corrected chi connectivity index (χ1v) is 12.2. The van der Waals surface area contributed by atoms with E-state index < -0.39 is 49.9 Å². The third-order valence-electron chi connectivity index (χ3n) is 5.58. The Balaban J connectivity index is 1.66. The number of ether oxygens (including phenoxy) is 1. The van der Waals surface area contributed by atoms with Gasteiger partial charge >= 0.3 is 6.18 Å². The standard InChI is InChI=1S/C23H19F6N3O3S/c24-15-2-4-22(31-12-15)32-36(33,34)21-11-17(25)20(10-18(21)26)35-19-3-1-14(23(27,28)29)9-16(19)13-5-7-30-8-6-13/h1-4,9-13,30H,5-8H2,(H,31,32). The monoisotopic (exact) mass is 531 g/mol. The molecule has 1 aliphatic rings. The highest BCUT2D eigenvalue weighted by molar-refractivity contribution is 7.92. The molecule has 1 fully saturated rings. The van der Waals surface area contributed by atoms with E-state index in [2.05, 4.69) is 10.3 Å². The molecule has 36 heavy (non-hydrogen) atoms. The quantitative estimate of drug-likeness (QED) is 0.406. The van der Waals surface area contributed by atoms with Gasteiger partial charge in [0.1, 0.15) is 28.1 Å². The molecule has 13 heteroatoms. The minimum atomic E-state index is -4.65. The van der Waals surface area contributed by atoms with Crippen molar-refractivity contribution in [3.63, 3.8) is 0 Å². The third kappa shape index (κ3) is 5.73. The second kappa shape index (κ2) is 9.97. The van der Waals surface area contributed by atoms with Gasteiger partial charge in [-0.15, -0.1) is 0 Å². The molecule has 1 aliphatic heterocycles. The van der Waals surface area contributed by atoms with Gasteiger partial charge in [-0.1, -0.05) is 0 Å². The highest BCUT2D eigenvalue weighted by atomic mass is 32.2. The molecule has 1 aromatic heterocycles. The molecule has 0 spiro atoms. The van der Waals surface area contributed by atoms with Crippen LogP contribution in [0, 0.1) is 17.5 Å². The van der Waals surface area contributed by atoms with Gasteiger partial charge < -0.3 is 10.1 Å². The maximum atomic E-state index is 14.8. The largest absolute Gasteiger partial charge is 0.454 e. The number of alkyl halides is 3. The Labute approximate surface area is 202 Å². The van der Waals surface area contributed by atoms with Crippen molar-refractivity contribution in [1.82, 2.24) is 10.3 Å². The van der Waals surface area contributed by atoms with Gasteiger partial charge in [0.05, 0.1) is 11.8 Å². The van der Waals surface area contributed by atoms with Gasteiger partial charge in [-0.3, -0.25) is 4.72 Å². The van der Waals surface area contributed by atoms with Crippen LogP contribution in [-0.4, -0.2) is 26.5 Å². The Morgan fingerprint density at radius 3 is 2.31 bits per heavy atom. The van der Waals surface area contributed by atoms with E-state index in [0.717, 1.165) is 36.5 Å². The van der Waals surface area contributed by atoms with Crippen molar-refractivity contribution >= 4 is 15.8 Å². The SMILES string of the molecule is O=S(=O)(Nc1ccc(F)cn1)c1cc(F)c(Oc2ccc(C(F)(F)F)cc2C2CCNCC2)cc1F. The zero-order valence-corrected chi connectivity index (χ0v) is 19.2. The van der Waals surface area contributed by atoms with E-state index in [9.17, 15) is 34.8 Å². The summed E-state index contributed by atoms with van der Waals surface area (Å²) in [5, 5.41) is 3.10. The lowest BCUT2D eigenvalue weighted by Crippen LogP contribution is -2.27. The van der Waals surface area contributed by atoms with Gasteiger partial charge in [-0.25, -0.2) is 26.6 Å². The zero-order valence-electron chi connectivity index (χ0n) is 18.4. The highest BCUT2D eigenvalue weighted by Gasteiger charge is 2.33. The summed E-state index contributed by atoms with van der Waals surface area (Å²) in [6.07, 6.45) is -2.86. The Morgan fingerprint density at radius 2 is 1.67 bits per heavy atom. The first kappa shape index (κ1) is 25.8. The lowest BCUT2D eigenvalue weighted by atomic mass is 9.88. The number of aromatic nitrogens is 1. The van der Waals surface area contributed by atoms with E-state index in [0.29, 0.717) is 38.1 Å². The van der Waals surface area contributed by atoms with Gasteiger partial charge in [0.2, 0.25) is 0 Å². The van der Waals surface area contributed by atoms with Crippen molar-refractivity contribution in [3.05, 3.63) is 77.2 Å². The van der Waals surface area contributed by atoms with E-state index in [1.54, 1.807) is 0 Å². The molecule has 0 amide bonds. The van der Waals surface area contributed by atoms with Gasteiger partial charge in [0, 0.05) is 12.1 Å². The molecular formula is C23H19F6N3O3S. The number of piperidine rings is 1. The van der Waals surface area contributed by atoms with Gasteiger partial charge in [-0.05, 0) is 67.7 Å². The summed E-state index contributed by atoms with van der Waals surface area (Å²) in [6, 6.07) is 5.51. The molecule has 6 nitrogen and oxygen atoms in total. The molecule has 1 saturated heterocycles. The summed E-state index contributed by atoms with van der Waals surface area (Å²) < 4.78 is 115. The van der Waals surface area contributed by atoms with Crippen molar-refractivity contribution in [3.8, 4) is 11.5 Å². The van der Waals surface area contributed by atoms with Crippen molar-refractivity contribution < 1.29 is 39.5 Å². The van der Waals surface area contributed by atoms with Crippen LogP contribution >= 0.6 is 0 Å². The first-order valence-electron chi connectivity index (χ1n) is 10.7. The summed E-state index contributed by atoms with van der Waals surface area (Å²) in [4.78, 5) is 2.44. The van der Waals surface area contributed by atoms with E-state index in [4.69, 9.17) is 4.74 Å². The number of nitrogens with zero attached hydrogens (tertiary/aromatic N) is 1. The molecule has 0 radical (unpaired) electrons. The van der Waals surface area contributed by atoms with Crippen LogP contribution in [0.2, 0.25) is 0 Å². The molecule has 0 aliphatic carbocycles. The number of nitrogens with one attached hydrogen (secondary N) is 2. The summed E-state index contributed by atoms with van der Waals surface area (Å²) in [6.45, 7) is 1.12. The Kier molecular flexibility index (Phi) is 7.14. The third-order valence-corrected chi connectivity index (χ3v) is 6.95. The molecule has 4 rings (SSSR count). The van der Waals surface area contributed by atoms with Crippen LogP contribution in [0.4, 0.5) is 32.2 Å². The summed E-state index contributed by atoms with van der Waals surface area (Å²) in [5.74, 6) is -4.82. The second-order valence-corrected chi connectivity index (χ2v) is 9.71.